The molecule has 0 aromatic heterocycles. The van der Waals surface area contributed by atoms with Gasteiger partial charge in [0, 0.05) is 32.2 Å². The highest BCUT2D eigenvalue weighted by Gasteiger charge is 2.53. The average Bonchev–Trinajstić information content (AvgIpc) is 2.63. The lowest BCUT2D eigenvalue weighted by Crippen LogP contribution is -2.45. The Bertz CT molecular complexity index is 255. The number of nitrogens with one attached hydrogen (secondary N) is 1. The molecule has 2 N–H and O–H groups in total. The molecule has 0 bridgehead atoms. The largest absolute Gasteiger partial charge is 0.479 e. The maximum absolute atomic E-state index is 14.2. The average molecular weight is 217 g/mol. The van der Waals surface area contributed by atoms with Gasteiger partial charge in [-0.3, -0.25) is 0 Å². The van der Waals surface area contributed by atoms with Crippen LogP contribution in [0.15, 0.2) is 0 Å². The zero-order chi connectivity index (χ0) is 10.9. The van der Waals surface area contributed by atoms with E-state index in [1.807, 2.05) is 0 Å². The first-order valence-electron chi connectivity index (χ1n) is 5.35. The molecule has 2 fully saturated rings. The summed E-state index contributed by atoms with van der Waals surface area (Å²) in [6.07, 6.45) is 1.54. The molecule has 2 aliphatic heterocycles. The van der Waals surface area contributed by atoms with E-state index in [4.69, 9.17) is 9.84 Å². The summed E-state index contributed by atoms with van der Waals surface area (Å²) in [5, 5.41) is 11.8. The summed E-state index contributed by atoms with van der Waals surface area (Å²) in [6.45, 7) is 1.64. The van der Waals surface area contributed by atoms with Crippen molar-refractivity contribution in [3.05, 3.63) is 0 Å². The SMILES string of the molecule is O=C(O)C1(F)CNCC1C1CCOCC1. The zero-order valence-electron chi connectivity index (χ0n) is 8.54. The van der Waals surface area contributed by atoms with E-state index in [1.54, 1.807) is 0 Å². The molecule has 2 saturated heterocycles. The lowest BCUT2D eigenvalue weighted by atomic mass is 9.78. The molecule has 0 radical (unpaired) electrons. The second-order valence-electron chi connectivity index (χ2n) is 4.35. The first kappa shape index (κ1) is 10.8. The maximum atomic E-state index is 14.2. The molecule has 0 aliphatic carbocycles. The first-order valence-corrected chi connectivity index (χ1v) is 5.35. The predicted octanol–water partition coefficient (Wildman–Crippen LogP) is 0.425. The number of rotatable bonds is 2. The third-order valence-corrected chi connectivity index (χ3v) is 3.52. The van der Waals surface area contributed by atoms with Crippen LogP contribution in [-0.4, -0.2) is 43.0 Å². The van der Waals surface area contributed by atoms with Crippen LogP contribution in [0.25, 0.3) is 0 Å². The van der Waals surface area contributed by atoms with Crippen molar-refractivity contribution >= 4 is 5.97 Å². The Morgan fingerprint density at radius 3 is 2.73 bits per heavy atom. The van der Waals surface area contributed by atoms with Gasteiger partial charge in [-0.25, -0.2) is 9.18 Å². The van der Waals surface area contributed by atoms with Crippen LogP contribution in [0.3, 0.4) is 0 Å². The molecule has 2 aliphatic rings. The highest BCUT2D eigenvalue weighted by molar-refractivity contribution is 5.78. The van der Waals surface area contributed by atoms with E-state index in [0.29, 0.717) is 19.8 Å². The molecule has 4 nitrogen and oxygen atoms in total. The molecule has 0 aromatic carbocycles. The molecule has 2 atom stereocenters. The van der Waals surface area contributed by atoms with Gasteiger partial charge in [0.2, 0.25) is 5.67 Å². The number of carboxylic acids is 1. The third-order valence-electron chi connectivity index (χ3n) is 3.52. The summed E-state index contributed by atoms with van der Waals surface area (Å²) < 4.78 is 19.4. The van der Waals surface area contributed by atoms with Crippen LogP contribution in [0.5, 0.6) is 0 Å². The highest BCUT2D eigenvalue weighted by atomic mass is 19.1. The number of hydrogen-bond donors (Lipinski definition) is 2. The Labute approximate surface area is 87.8 Å². The Morgan fingerprint density at radius 2 is 2.13 bits per heavy atom. The van der Waals surface area contributed by atoms with Gasteiger partial charge in [0.1, 0.15) is 0 Å². The summed E-state index contributed by atoms with van der Waals surface area (Å²) in [5.74, 6) is -1.60. The van der Waals surface area contributed by atoms with Crippen LogP contribution in [0.2, 0.25) is 0 Å². The van der Waals surface area contributed by atoms with E-state index in [2.05, 4.69) is 5.32 Å². The molecule has 0 amide bonds. The quantitative estimate of drug-likeness (QED) is 0.704. The van der Waals surface area contributed by atoms with Crippen LogP contribution in [0.4, 0.5) is 4.39 Å². The minimum absolute atomic E-state index is 0.0651. The lowest BCUT2D eigenvalue weighted by molar-refractivity contribution is -0.154. The zero-order valence-corrected chi connectivity index (χ0v) is 8.54. The van der Waals surface area contributed by atoms with Crippen molar-refractivity contribution < 1.29 is 19.0 Å². The molecule has 0 saturated carbocycles. The molecule has 0 spiro atoms. The molecular formula is C10H16FNO3. The summed E-state index contributed by atoms with van der Waals surface area (Å²) >= 11 is 0. The number of carboxylic acid groups (broad SMARTS) is 1. The van der Waals surface area contributed by atoms with Gasteiger partial charge in [-0.05, 0) is 18.8 Å². The lowest BCUT2D eigenvalue weighted by Gasteiger charge is -2.32. The number of alkyl halides is 1. The number of ether oxygens (including phenoxy) is 1. The van der Waals surface area contributed by atoms with Crippen molar-refractivity contribution in [2.24, 2.45) is 11.8 Å². The number of halogens is 1. The minimum atomic E-state index is -2.08. The normalized spacial score (nSPS) is 38.1. The Hall–Kier alpha value is -0.680. The molecule has 5 heteroatoms. The van der Waals surface area contributed by atoms with Crippen molar-refractivity contribution in [2.45, 2.75) is 18.5 Å². The highest BCUT2D eigenvalue weighted by Crippen LogP contribution is 2.37. The molecule has 86 valence electrons. The van der Waals surface area contributed by atoms with Gasteiger partial charge < -0.3 is 15.2 Å². The van der Waals surface area contributed by atoms with E-state index in [9.17, 15) is 9.18 Å². The van der Waals surface area contributed by atoms with E-state index < -0.39 is 17.6 Å². The summed E-state index contributed by atoms with van der Waals surface area (Å²) in [6, 6.07) is 0. The molecule has 2 heterocycles. The van der Waals surface area contributed by atoms with Crippen molar-refractivity contribution in [3.8, 4) is 0 Å². The molecular weight excluding hydrogens is 201 g/mol. The van der Waals surface area contributed by atoms with E-state index in [0.717, 1.165) is 12.8 Å². The molecule has 0 aromatic rings. The van der Waals surface area contributed by atoms with Crippen LogP contribution in [-0.2, 0) is 9.53 Å². The van der Waals surface area contributed by atoms with Gasteiger partial charge >= 0.3 is 5.97 Å². The van der Waals surface area contributed by atoms with Crippen LogP contribution < -0.4 is 5.32 Å². The van der Waals surface area contributed by atoms with E-state index in [-0.39, 0.29) is 12.5 Å². The fourth-order valence-corrected chi connectivity index (χ4v) is 2.60. The standard InChI is InChI=1S/C10H16FNO3/c11-10(9(13)14)6-12-5-8(10)7-1-3-15-4-2-7/h7-8,12H,1-6H2,(H,13,14). The van der Waals surface area contributed by atoms with Gasteiger partial charge in [-0.1, -0.05) is 0 Å². The van der Waals surface area contributed by atoms with Gasteiger partial charge in [-0.2, -0.15) is 0 Å². The monoisotopic (exact) mass is 217 g/mol. The van der Waals surface area contributed by atoms with Gasteiger partial charge in [-0.15, -0.1) is 0 Å². The van der Waals surface area contributed by atoms with Gasteiger partial charge in [0.25, 0.3) is 0 Å². The topological polar surface area (TPSA) is 58.6 Å². The first-order chi connectivity index (χ1) is 7.14. The van der Waals surface area contributed by atoms with Crippen molar-refractivity contribution in [1.82, 2.24) is 5.32 Å². The van der Waals surface area contributed by atoms with Crippen molar-refractivity contribution in [3.63, 3.8) is 0 Å². The maximum Gasteiger partial charge on any atom is 0.343 e. The number of carbonyl (C=O) groups is 1. The summed E-state index contributed by atoms with van der Waals surface area (Å²) in [5.41, 5.74) is -2.08. The number of aliphatic carboxylic acids is 1. The van der Waals surface area contributed by atoms with Gasteiger partial charge in [0.05, 0.1) is 0 Å². The fraction of sp³-hybridized carbons (Fsp3) is 0.900. The Balaban J connectivity index is 2.09. The van der Waals surface area contributed by atoms with Crippen molar-refractivity contribution in [1.29, 1.82) is 0 Å². The van der Waals surface area contributed by atoms with Crippen molar-refractivity contribution in [2.75, 3.05) is 26.3 Å². The van der Waals surface area contributed by atoms with Crippen LogP contribution in [0, 0.1) is 11.8 Å². The molecule has 2 rings (SSSR count). The Morgan fingerprint density at radius 1 is 1.47 bits per heavy atom. The van der Waals surface area contributed by atoms with Crippen LogP contribution in [0.1, 0.15) is 12.8 Å². The second-order valence-corrected chi connectivity index (χ2v) is 4.35. The summed E-state index contributed by atoms with van der Waals surface area (Å²) in [4.78, 5) is 10.9. The fourth-order valence-electron chi connectivity index (χ4n) is 2.60. The van der Waals surface area contributed by atoms with E-state index >= 15 is 0 Å². The second kappa shape index (κ2) is 4.06. The third kappa shape index (κ3) is 1.86. The Kier molecular flexibility index (Phi) is 2.93. The summed E-state index contributed by atoms with van der Waals surface area (Å²) in [7, 11) is 0. The van der Waals surface area contributed by atoms with E-state index in [1.165, 1.54) is 0 Å². The van der Waals surface area contributed by atoms with Crippen LogP contribution >= 0.6 is 0 Å². The minimum Gasteiger partial charge on any atom is -0.479 e. The van der Waals surface area contributed by atoms with Gasteiger partial charge in [0.15, 0.2) is 0 Å². The number of hydrogen-bond acceptors (Lipinski definition) is 3. The molecule has 2 unspecified atom stereocenters. The predicted molar refractivity (Wildman–Crippen MR) is 51.4 cm³/mol. The smallest absolute Gasteiger partial charge is 0.343 e. The molecule has 15 heavy (non-hydrogen) atoms.